The summed E-state index contributed by atoms with van der Waals surface area (Å²) in [5.74, 6) is -0.244. The molecule has 0 aromatic heterocycles. The van der Waals surface area contributed by atoms with Crippen molar-refractivity contribution in [2.45, 2.75) is 13.3 Å². The van der Waals surface area contributed by atoms with E-state index >= 15 is 0 Å². The molecule has 0 aliphatic heterocycles. The summed E-state index contributed by atoms with van der Waals surface area (Å²) in [6.07, 6.45) is 5.00. The number of carboxylic acids is 1. The number of anilines is 1. The van der Waals surface area contributed by atoms with Gasteiger partial charge < -0.3 is 10.4 Å². The fourth-order valence-corrected chi connectivity index (χ4v) is 1.84. The van der Waals surface area contributed by atoms with Crippen molar-refractivity contribution in [3.8, 4) is 0 Å². The maximum absolute atomic E-state index is 11.7. The third kappa shape index (κ3) is 5.61. The number of rotatable bonds is 6. The van der Waals surface area contributed by atoms with Gasteiger partial charge in [-0.3, -0.25) is 4.79 Å². The zero-order valence-electron chi connectivity index (χ0n) is 11.0. The van der Waals surface area contributed by atoms with E-state index in [1.54, 1.807) is 17.8 Å². The van der Waals surface area contributed by atoms with Crippen LogP contribution in [0.4, 0.5) is 5.69 Å². The Bertz CT molecular complexity index is 497. The lowest BCUT2D eigenvalue weighted by Gasteiger charge is -2.09. The van der Waals surface area contributed by atoms with E-state index < -0.39 is 5.97 Å². The minimum absolute atomic E-state index is 0.0307. The highest BCUT2D eigenvalue weighted by atomic mass is 32.2. The van der Waals surface area contributed by atoms with Gasteiger partial charge in [-0.15, -0.1) is 0 Å². The van der Waals surface area contributed by atoms with Crippen LogP contribution in [-0.4, -0.2) is 29.0 Å². The number of benzene rings is 1. The third-order valence-electron chi connectivity index (χ3n) is 2.49. The molecule has 0 saturated heterocycles. The van der Waals surface area contributed by atoms with Crippen LogP contribution in [0.2, 0.25) is 0 Å². The molecule has 19 heavy (non-hydrogen) atoms. The molecule has 0 atom stereocenters. The van der Waals surface area contributed by atoms with Gasteiger partial charge in [0.05, 0.1) is 0 Å². The van der Waals surface area contributed by atoms with Crippen LogP contribution in [-0.2, 0) is 9.59 Å². The summed E-state index contributed by atoms with van der Waals surface area (Å²) >= 11 is 1.62. The van der Waals surface area contributed by atoms with Crippen molar-refractivity contribution in [1.82, 2.24) is 0 Å². The Morgan fingerprint density at radius 1 is 1.42 bits per heavy atom. The van der Waals surface area contributed by atoms with E-state index in [9.17, 15) is 9.59 Å². The van der Waals surface area contributed by atoms with E-state index in [2.05, 4.69) is 5.32 Å². The molecule has 0 unspecified atom stereocenters. The molecule has 4 nitrogen and oxygen atoms in total. The number of carboxylic acid groups (broad SMARTS) is 1. The molecular weight excluding hydrogens is 262 g/mol. The number of amides is 1. The fourth-order valence-electron chi connectivity index (χ4n) is 1.45. The molecule has 0 heterocycles. The summed E-state index contributed by atoms with van der Waals surface area (Å²) in [4.78, 5) is 22.1. The van der Waals surface area contributed by atoms with Crippen LogP contribution >= 0.6 is 11.8 Å². The lowest BCUT2D eigenvalue weighted by Crippen LogP contribution is -2.13. The van der Waals surface area contributed by atoms with Crippen LogP contribution in [0.1, 0.15) is 17.5 Å². The van der Waals surface area contributed by atoms with Gasteiger partial charge in [0, 0.05) is 23.9 Å². The SMILES string of the molecule is CSCCC(=O)Nc1cc(/C=C/C(=O)O)ccc1C. The second-order valence-corrected chi connectivity index (χ2v) is 5.02. The molecule has 1 aromatic rings. The monoisotopic (exact) mass is 279 g/mol. The zero-order valence-corrected chi connectivity index (χ0v) is 11.8. The Kier molecular flexibility index (Phi) is 6.15. The van der Waals surface area contributed by atoms with Gasteiger partial charge in [-0.1, -0.05) is 12.1 Å². The van der Waals surface area contributed by atoms with Gasteiger partial charge in [0.2, 0.25) is 5.91 Å². The lowest BCUT2D eigenvalue weighted by molar-refractivity contribution is -0.131. The van der Waals surface area contributed by atoms with Crippen LogP contribution in [0.15, 0.2) is 24.3 Å². The first-order valence-corrected chi connectivity index (χ1v) is 7.22. The first-order valence-electron chi connectivity index (χ1n) is 5.83. The van der Waals surface area contributed by atoms with E-state index in [1.165, 1.54) is 6.08 Å². The Balaban J connectivity index is 2.79. The van der Waals surface area contributed by atoms with Crippen LogP contribution < -0.4 is 5.32 Å². The van der Waals surface area contributed by atoms with Crippen LogP contribution in [0, 0.1) is 6.92 Å². The molecule has 5 heteroatoms. The van der Waals surface area contributed by atoms with Crippen LogP contribution in [0.25, 0.3) is 6.08 Å². The Morgan fingerprint density at radius 2 is 2.16 bits per heavy atom. The summed E-state index contributed by atoms with van der Waals surface area (Å²) < 4.78 is 0. The molecular formula is C14H17NO3S. The van der Waals surface area contributed by atoms with Crippen molar-refractivity contribution in [2.75, 3.05) is 17.3 Å². The van der Waals surface area contributed by atoms with Gasteiger partial charge in [0.15, 0.2) is 0 Å². The van der Waals surface area contributed by atoms with Crippen molar-refractivity contribution in [3.63, 3.8) is 0 Å². The predicted octanol–water partition coefficient (Wildman–Crippen LogP) is 2.78. The molecule has 102 valence electrons. The Morgan fingerprint density at radius 3 is 2.79 bits per heavy atom. The maximum atomic E-state index is 11.7. The Labute approximate surface area is 116 Å². The van der Waals surface area contributed by atoms with Crippen LogP contribution in [0.5, 0.6) is 0 Å². The Hall–Kier alpha value is -1.75. The molecule has 0 bridgehead atoms. The average molecular weight is 279 g/mol. The minimum Gasteiger partial charge on any atom is -0.478 e. The summed E-state index contributed by atoms with van der Waals surface area (Å²) in [7, 11) is 0. The first kappa shape index (κ1) is 15.3. The van der Waals surface area contributed by atoms with Crippen molar-refractivity contribution in [2.24, 2.45) is 0 Å². The fraction of sp³-hybridized carbons (Fsp3) is 0.286. The first-order chi connectivity index (χ1) is 9.02. The zero-order chi connectivity index (χ0) is 14.3. The number of carbonyl (C=O) groups excluding carboxylic acids is 1. The van der Waals surface area contributed by atoms with Crippen molar-refractivity contribution < 1.29 is 14.7 Å². The standard InChI is InChI=1S/C14H17NO3S/c1-10-3-4-11(5-6-14(17)18)9-12(10)15-13(16)7-8-19-2/h3-6,9H,7-8H2,1-2H3,(H,15,16)(H,17,18)/b6-5+. The summed E-state index contributed by atoms with van der Waals surface area (Å²) in [6, 6.07) is 5.43. The minimum atomic E-state index is -0.994. The van der Waals surface area contributed by atoms with E-state index in [0.717, 1.165) is 28.6 Å². The number of carbonyl (C=O) groups is 2. The number of hydrogen-bond acceptors (Lipinski definition) is 3. The van der Waals surface area contributed by atoms with Gasteiger partial charge in [-0.25, -0.2) is 4.79 Å². The second-order valence-electron chi connectivity index (χ2n) is 4.04. The van der Waals surface area contributed by atoms with Gasteiger partial charge in [-0.2, -0.15) is 11.8 Å². The largest absolute Gasteiger partial charge is 0.478 e. The van der Waals surface area contributed by atoms with Gasteiger partial charge in [0.25, 0.3) is 0 Å². The van der Waals surface area contributed by atoms with Crippen molar-refractivity contribution >= 4 is 35.4 Å². The summed E-state index contributed by atoms with van der Waals surface area (Å²) in [5, 5.41) is 11.4. The molecule has 1 aromatic carbocycles. The molecule has 0 spiro atoms. The third-order valence-corrected chi connectivity index (χ3v) is 3.10. The number of aliphatic carboxylic acids is 1. The molecule has 1 rings (SSSR count). The highest BCUT2D eigenvalue weighted by Crippen LogP contribution is 2.18. The van der Waals surface area contributed by atoms with E-state index in [-0.39, 0.29) is 5.91 Å². The molecule has 0 aliphatic rings. The van der Waals surface area contributed by atoms with Gasteiger partial charge in [-0.05, 0) is 36.4 Å². The average Bonchev–Trinajstić information content (AvgIpc) is 2.37. The molecule has 0 fully saturated rings. The quantitative estimate of drug-likeness (QED) is 0.786. The second kappa shape index (κ2) is 7.63. The smallest absolute Gasteiger partial charge is 0.328 e. The number of nitrogens with one attached hydrogen (secondary N) is 1. The highest BCUT2D eigenvalue weighted by Gasteiger charge is 2.05. The molecule has 0 saturated carbocycles. The van der Waals surface area contributed by atoms with E-state index in [1.807, 2.05) is 25.3 Å². The molecule has 0 aliphatic carbocycles. The number of aryl methyl sites for hydroxylation is 1. The predicted molar refractivity (Wildman–Crippen MR) is 79.5 cm³/mol. The van der Waals surface area contributed by atoms with Crippen molar-refractivity contribution in [3.05, 3.63) is 35.4 Å². The summed E-state index contributed by atoms with van der Waals surface area (Å²) in [6.45, 7) is 1.90. The topological polar surface area (TPSA) is 66.4 Å². The highest BCUT2D eigenvalue weighted by molar-refractivity contribution is 7.98. The molecule has 1 amide bonds. The summed E-state index contributed by atoms with van der Waals surface area (Å²) in [5.41, 5.74) is 2.41. The van der Waals surface area contributed by atoms with E-state index in [0.29, 0.717) is 6.42 Å². The number of hydrogen-bond donors (Lipinski definition) is 2. The maximum Gasteiger partial charge on any atom is 0.328 e. The van der Waals surface area contributed by atoms with Crippen LogP contribution in [0.3, 0.4) is 0 Å². The van der Waals surface area contributed by atoms with E-state index in [4.69, 9.17) is 5.11 Å². The van der Waals surface area contributed by atoms with Gasteiger partial charge >= 0.3 is 5.97 Å². The molecule has 2 N–H and O–H groups in total. The normalized spacial score (nSPS) is 10.6. The molecule has 0 radical (unpaired) electrons. The number of thioether (sulfide) groups is 1. The van der Waals surface area contributed by atoms with Gasteiger partial charge in [0.1, 0.15) is 0 Å². The lowest BCUT2D eigenvalue weighted by atomic mass is 10.1. The van der Waals surface area contributed by atoms with Crippen molar-refractivity contribution in [1.29, 1.82) is 0 Å².